The van der Waals surface area contributed by atoms with Gasteiger partial charge in [0.05, 0.1) is 31.5 Å². The van der Waals surface area contributed by atoms with Crippen molar-refractivity contribution in [2.45, 2.75) is 16.9 Å². The van der Waals surface area contributed by atoms with Crippen LogP contribution in [0.1, 0.15) is 11.3 Å². The van der Waals surface area contributed by atoms with E-state index in [2.05, 4.69) is 15.9 Å². The molecule has 38 heavy (non-hydrogen) atoms. The maximum Gasteiger partial charge on any atom is 0.256 e. The van der Waals surface area contributed by atoms with Crippen LogP contribution in [0.5, 0.6) is 11.6 Å². The number of halogens is 1. The largest absolute Gasteiger partial charge is 0.491 e. The fraction of sp³-hybridized carbons (Fsp3) is 0.185. The molecule has 11 heteroatoms. The number of ether oxygens (including phenoxy) is 2. The molecule has 0 bridgehead atoms. The molecule has 0 aliphatic carbocycles. The van der Waals surface area contributed by atoms with Crippen LogP contribution in [-0.2, 0) is 5.75 Å². The van der Waals surface area contributed by atoms with Crippen molar-refractivity contribution < 1.29 is 19.7 Å². The Balaban J connectivity index is 1.63. The lowest BCUT2D eigenvalue weighted by Gasteiger charge is -2.15. The first-order valence-electron chi connectivity index (χ1n) is 11.2. The number of methoxy groups -OCH3 is 1. The van der Waals surface area contributed by atoms with Gasteiger partial charge in [-0.2, -0.15) is 5.26 Å². The summed E-state index contributed by atoms with van der Waals surface area (Å²) in [6.45, 7) is 7.26. The maximum absolute atomic E-state index is 10.1. The average Bonchev–Trinajstić information content (AvgIpc) is 3.43. The Morgan fingerprint density at radius 3 is 2.50 bits per heavy atom. The number of nitriles is 1. The van der Waals surface area contributed by atoms with E-state index in [1.54, 1.807) is 24.3 Å². The first-order chi connectivity index (χ1) is 18.5. The van der Waals surface area contributed by atoms with E-state index in [0.717, 1.165) is 16.3 Å². The second kappa shape index (κ2) is 12.7. The molecule has 0 spiro atoms. The third-order valence-electron chi connectivity index (χ3n) is 5.32. The van der Waals surface area contributed by atoms with Crippen molar-refractivity contribution in [3.63, 3.8) is 0 Å². The predicted molar refractivity (Wildman–Crippen MR) is 148 cm³/mol. The summed E-state index contributed by atoms with van der Waals surface area (Å²) >= 11 is 8.84. The van der Waals surface area contributed by atoms with Crippen LogP contribution in [-0.4, -0.2) is 46.6 Å². The number of thiazole rings is 1. The fourth-order valence-corrected chi connectivity index (χ4v) is 5.40. The molecule has 2 aromatic heterocycles. The molecule has 0 aliphatic heterocycles. The van der Waals surface area contributed by atoms with Gasteiger partial charge in [-0.05, 0) is 29.8 Å². The second-order valence-electron chi connectivity index (χ2n) is 7.86. The molecule has 0 saturated heterocycles. The van der Waals surface area contributed by atoms with Gasteiger partial charge in [-0.15, -0.1) is 11.3 Å². The van der Waals surface area contributed by atoms with Crippen LogP contribution in [0.4, 0.5) is 5.69 Å². The molecule has 4 rings (SSSR count). The van der Waals surface area contributed by atoms with Crippen molar-refractivity contribution in [1.82, 2.24) is 9.97 Å². The number of aliphatic hydroxyl groups excluding tert-OH is 2. The standard InChI is InChI=1S/C27H21ClN4O4S2/c1-30-24-23(16-5-9-21(10-6-16)36-13-20(34)12-33)22(11-29)27(32-25(24)35-2)38-15-19-14-37-26(31-19)17-3-7-18(28)8-4-17/h3-10,14,20,33-34H,12-13,15H2,2H3/t20-/m0/s1. The van der Waals surface area contributed by atoms with Crippen molar-refractivity contribution in [2.75, 3.05) is 20.3 Å². The first-order valence-corrected chi connectivity index (χ1v) is 13.5. The Bertz CT molecular complexity index is 1500. The lowest BCUT2D eigenvalue weighted by molar-refractivity contribution is 0.0536. The smallest absolute Gasteiger partial charge is 0.256 e. The minimum atomic E-state index is -0.988. The maximum atomic E-state index is 10.1. The number of aliphatic hydroxyl groups is 2. The van der Waals surface area contributed by atoms with Gasteiger partial charge in [-0.3, -0.25) is 0 Å². The molecular weight excluding hydrogens is 544 g/mol. The van der Waals surface area contributed by atoms with Gasteiger partial charge < -0.3 is 19.7 Å². The molecule has 0 saturated carbocycles. The Kier molecular flexibility index (Phi) is 9.19. The summed E-state index contributed by atoms with van der Waals surface area (Å²) < 4.78 is 10.9. The minimum absolute atomic E-state index is 0.0627. The molecule has 0 radical (unpaired) electrons. The monoisotopic (exact) mass is 564 g/mol. The summed E-state index contributed by atoms with van der Waals surface area (Å²) in [5.74, 6) is 1.06. The van der Waals surface area contributed by atoms with E-state index >= 15 is 0 Å². The topological polar surface area (TPSA) is 113 Å². The zero-order valence-corrected chi connectivity index (χ0v) is 22.5. The van der Waals surface area contributed by atoms with Crippen LogP contribution in [0.15, 0.2) is 58.9 Å². The van der Waals surface area contributed by atoms with Gasteiger partial charge in [0.2, 0.25) is 5.88 Å². The lowest BCUT2D eigenvalue weighted by atomic mass is 10.00. The van der Waals surface area contributed by atoms with Gasteiger partial charge in [0.25, 0.3) is 5.69 Å². The molecule has 2 N–H and O–H groups in total. The number of benzene rings is 2. The van der Waals surface area contributed by atoms with Gasteiger partial charge in [-0.25, -0.2) is 14.8 Å². The zero-order valence-electron chi connectivity index (χ0n) is 20.1. The second-order valence-corrected chi connectivity index (χ2v) is 10.1. The van der Waals surface area contributed by atoms with Crippen molar-refractivity contribution in [1.29, 1.82) is 5.26 Å². The number of hydrogen-bond acceptors (Lipinski definition) is 9. The molecule has 2 heterocycles. The van der Waals surface area contributed by atoms with Crippen LogP contribution >= 0.6 is 34.7 Å². The van der Waals surface area contributed by atoms with Crippen molar-refractivity contribution in [2.24, 2.45) is 0 Å². The van der Waals surface area contributed by atoms with E-state index in [0.29, 0.717) is 32.7 Å². The molecule has 0 fully saturated rings. The highest BCUT2D eigenvalue weighted by Crippen LogP contribution is 2.44. The number of aromatic nitrogens is 2. The zero-order chi connectivity index (χ0) is 27.1. The summed E-state index contributed by atoms with van der Waals surface area (Å²) in [6, 6.07) is 16.5. The van der Waals surface area contributed by atoms with Crippen LogP contribution in [0.2, 0.25) is 5.02 Å². The van der Waals surface area contributed by atoms with Gasteiger partial charge in [0, 0.05) is 27.3 Å². The number of nitrogens with zero attached hydrogens (tertiary/aromatic N) is 4. The van der Waals surface area contributed by atoms with Gasteiger partial charge in [0.15, 0.2) is 0 Å². The van der Waals surface area contributed by atoms with Crippen LogP contribution in [0.25, 0.3) is 26.5 Å². The van der Waals surface area contributed by atoms with Crippen molar-refractivity contribution in [3.8, 4) is 39.4 Å². The molecule has 2 aromatic carbocycles. The third-order valence-corrected chi connectivity index (χ3v) is 7.52. The van der Waals surface area contributed by atoms with Crippen LogP contribution < -0.4 is 9.47 Å². The molecular formula is C27H21ClN4O4S2. The summed E-state index contributed by atoms with van der Waals surface area (Å²) in [5.41, 5.74) is 3.23. The number of rotatable bonds is 10. The number of pyridine rings is 1. The summed E-state index contributed by atoms with van der Waals surface area (Å²) in [4.78, 5) is 12.8. The molecule has 4 aromatic rings. The Hall–Kier alpha value is -3.64. The predicted octanol–water partition coefficient (Wildman–Crippen LogP) is 5.98. The van der Waals surface area contributed by atoms with E-state index < -0.39 is 12.7 Å². The van der Waals surface area contributed by atoms with Gasteiger partial charge in [0.1, 0.15) is 34.6 Å². The average molecular weight is 565 g/mol. The summed E-state index contributed by atoms with van der Waals surface area (Å²) in [6.07, 6.45) is -0.988. The molecule has 8 nitrogen and oxygen atoms in total. The number of thioether (sulfide) groups is 1. The quantitative estimate of drug-likeness (QED) is 0.179. The van der Waals surface area contributed by atoms with E-state index in [-0.39, 0.29) is 23.7 Å². The highest BCUT2D eigenvalue weighted by molar-refractivity contribution is 7.98. The molecule has 192 valence electrons. The number of hydrogen-bond donors (Lipinski definition) is 2. The van der Waals surface area contributed by atoms with Crippen LogP contribution in [0.3, 0.4) is 0 Å². The molecule has 0 unspecified atom stereocenters. The van der Waals surface area contributed by atoms with Gasteiger partial charge in [-0.1, -0.05) is 47.6 Å². The Morgan fingerprint density at radius 2 is 1.87 bits per heavy atom. The molecule has 0 amide bonds. The summed E-state index contributed by atoms with van der Waals surface area (Å²) in [7, 11) is 1.43. The summed E-state index contributed by atoms with van der Waals surface area (Å²) in [5, 5.41) is 32.5. The van der Waals surface area contributed by atoms with Gasteiger partial charge >= 0.3 is 0 Å². The Labute approximate surface area is 232 Å². The first kappa shape index (κ1) is 27.4. The highest BCUT2D eigenvalue weighted by Gasteiger charge is 2.23. The lowest BCUT2D eigenvalue weighted by Crippen LogP contribution is -2.21. The molecule has 1 atom stereocenters. The highest BCUT2D eigenvalue weighted by atomic mass is 35.5. The third kappa shape index (κ3) is 6.25. The van der Waals surface area contributed by atoms with E-state index in [1.165, 1.54) is 30.2 Å². The van der Waals surface area contributed by atoms with E-state index in [1.807, 2.05) is 29.6 Å². The molecule has 0 aliphatic rings. The normalized spacial score (nSPS) is 11.4. The van der Waals surface area contributed by atoms with E-state index in [9.17, 15) is 10.4 Å². The Morgan fingerprint density at radius 1 is 1.16 bits per heavy atom. The SMILES string of the molecule is [C-]#[N+]c1c(OC)nc(SCc2csc(-c3ccc(Cl)cc3)n2)c(C#N)c1-c1ccc(OC[C@@H](O)CO)cc1. The fourth-order valence-electron chi connectivity index (χ4n) is 3.47. The minimum Gasteiger partial charge on any atom is -0.491 e. The van der Waals surface area contributed by atoms with Crippen LogP contribution in [0, 0.1) is 17.9 Å². The van der Waals surface area contributed by atoms with Crippen molar-refractivity contribution >= 4 is 40.4 Å². The van der Waals surface area contributed by atoms with E-state index in [4.69, 9.17) is 37.7 Å². The van der Waals surface area contributed by atoms with Crippen molar-refractivity contribution in [3.05, 3.63) is 81.6 Å².